The van der Waals surface area contributed by atoms with Crippen LogP contribution in [0.4, 0.5) is 5.69 Å². The van der Waals surface area contributed by atoms with E-state index in [0.717, 1.165) is 11.1 Å². The molecule has 3 atom stereocenters. The summed E-state index contributed by atoms with van der Waals surface area (Å²) in [5.74, 6) is -1.59. The molecule has 3 unspecified atom stereocenters. The first-order valence-electron chi connectivity index (χ1n) is 8.79. The Kier molecular flexibility index (Phi) is 5.79. The summed E-state index contributed by atoms with van der Waals surface area (Å²) in [7, 11) is 0. The smallest absolute Gasteiger partial charge is 0.258 e. The molecule has 3 aromatic carbocycles. The Bertz CT molecular complexity index is 1020. The number of nitrogens with zero attached hydrogens (tertiary/aromatic N) is 3. The van der Waals surface area contributed by atoms with Crippen LogP contribution in [0.1, 0.15) is 34.4 Å². The zero-order valence-electron chi connectivity index (χ0n) is 15.0. The van der Waals surface area contributed by atoms with Gasteiger partial charge in [0.25, 0.3) is 5.69 Å². The summed E-state index contributed by atoms with van der Waals surface area (Å²) in [5, 5.41) is 30.9. The second kappa shape index (κ2) is 8.62. The maximum absolute atomic E-state index is 10.9. The molecular weight excluding hydrogens is 350 g/mol. The molecule has 3 aromatic rings. The van der Waals surface area contributed by atoms with Crippen LogP contribution in [0, 0.1) is 32.8 Å². The minimum atomic E-state index is -0.631. The van der Waals surface area contributed by atoms with E-state index in [0.29, 0.717) is 5.56 Å². The molecule has 0 aliphatic heterocycles. The van der Waals surface area contributed by atoms with Crippen molar-refractivity contribution in [2.75, 3.05) is 0 Å². The van der Waals surface area contributed by atoms with Gasteiger partial charge in [0, 0.05) is 18.1 Å². The zero-order valence-corrected chi connectivity index (χ0v) is 15.0. The van der Waals surface area contributed by atoms with E-state index >= 15 is 0 Å². The van der Waals surface area contributed by atoms with E-state index in [1.165, 1.54) is 12.1 Å². The molecule has 0 fully saturated rings. The fraction of sp³-hybridized carbons (Fsp3) is 0.130. The SMILES string of the molecule is N#CC(c1ccccc1)C(c1ccccc1)C(C#N)c1ccc([N+](=O)[O-])cc1. The van der Waals surface area contributed by atoms with Crippen LogP contribution in [0.25, 0.3) is 0 Å². The molecule has 3 rings (SSSR count). The summed E-state index contributed by atoms with van der Waals surface area (Å²) in [4.78, 5) is 10.5. The number of nitro benzene ring substituents is 1. The predicted octanol–water partition coefficient (Wildman–Crippen LogP) is 5.29. The molecule has 0 radical (unpaired) electrons. The second-order valence-electron chi connectivity index (χ2n) is 6.41. The highest BCUT2D eigenvalue weighted by atomic mass is 16.6. The lowest BCUT2D eigenvalue weighted by Gasteiger charge is -2.27. The minimum Gasteiger partial charge on any atom is -0.258 e. The first-order valence-corrected chi connectivity index (χ1v) is 8.79. The van der Waals surface area contributed by atoms with Crippen LogP contribution in [-0.2, 0) is 0 Å². The van der Waals surface area contributed by atoms with Crippen molar-refractivity contribution in [1.82, 2.24) is 0 Å². The van der Waals surface area contributed by atoms with Crippen LogP contribution in [0.2, 0.25) is 0 Å². The molecule has 5 nitrogen and oxygen atoms in total. The van der Waals surface area contributed by atoms with Crippen LogP contribution < -0.4 is 0 Å². The number of nitriles is 2. The average Bonchev–Trinajstić information content (AvgIpc) is 2.75. The normalized spacial score (nSPS) is 13.5. The molecule has 0 saturated carbocycles. The number of non-ortho nitro benzene ring substituents is 1. The van der Waals surface area contributed by atoms with Crippen LogP contribution >= 0.6 is 0 Å². The molecule has 0 aliphatic carbocycles. The second-order valence-corrected chi connectivity index (χ2v) is 6.41. The van der Waals surface area contributed by atoms with Gasteiger partial charge in [0.05, 0.1) is 28.9 Å². The molecule has 28 heavy (non-hydrogen) atoms. The Hall–Kier alpha value is -3.96. The molecule has 0 saturated heterocycles. The average molecular weight is 367 g/mol. The molecular formula is C23H17N3O2. The fourth-order valence-electron chi connectivity index (χ4n) is 3.44. The molecule has 0 N–H and O–H groups in total. The first-order chi connectivity index (χ1) is 13.7. The van der Waals surface area contributed by atoms with E-state index in [-0.39, 0.29) is 5.69 Å². The van der Waals surface area contributed by atoms with Crippen LogP contribution in [-0.4, -0.2) is 4.92 Å². The number of rotatable bonds is 6. The summed E-state index contributed by atoms with van der Waals surface area (Å²) >= 11 is 0. The van der Waals surface area contributed by atoms with Crippen molar-refractivity contribution in [2.24, 2.45) is 0 Å². The van der Waals surface area contributed by atoms with Gasteiger partial charge in [0.1, 0.15) is 0 Å². The lowest BCUT2D eigenvalue weighted by molar-refractivity contribution is -0.384. The first kappa shape index (κ1) is 18.8. The monoisotopic (exact) mass is 367 g/mol. The van der Waals surface area contributed by atoms with Crippen molar-refractivity contribution in [1.29, 1.82) is 10.5 Å². The van der Waals surface area contributed by atoms with Crippen LogP contribution in [0.5, 0.6) is 0 Å². The van der Waals surface area contributed by atoms with Crippen molar-refractivity contribution in [3.63, 3.8) is 0 Å². The predicted molar refractivity (Wildman–Crippen MR) is 105 cm³/mol. The summed E-state index contributed by atoms with van der Waals surface area (Å²) < 4.78 is 0. The highest BCUT2D eigenvalue weighted by molar-refractivity contribution is 5.43. The summed E-state index contributed by atoms with van der Waals surface area (Å²) in [6, 6.07) is 29.5. The van der Waals surface area contributed by atoms with Gasteiger partial charge in [-0.25, -0.2) is 0 Å². The fourth-order valence-corrected chi connectivity index (χ4v) is 3.44. The Morgan fingerprint density at radius 2 is 1.11 bits per heavy atom. The van der Waals surface area contributed by atoms with Crippen molar-refractivity contribution in [3.05, 3.63) is 112 Å². The van der Waals surface area contributed by atoms with Gasteiger partial charge in [0.2, 0.25) is 0 Å². The van der Waals surface area contributed by atoms with E-state index in [9.17, 15) is 20.6 Å². The van der Waals surface area contributed by atoms with Gasteiger partial charge in [-0.3, -0.25) is 10.1 Å². The van der Waals surface area contributed by atoms with E-state index in [1.807, 2.05) is 60.7 Å². The molecule has 5 heteroatoms. The van der Waals surface area contributed by atoms with Crippen molar-refractivity contribution in [3.8, 4) is 12.1 Å². The van der Waals surface area contributed by atoms with Crippen molar-refractivity contribution in [2.45, 2.75) is 17.8 Å². The Labute approximate surface area is 163 Å². The number of nitro groups is 1. The molecule has 0 amide bonds. The standard InChI is InChI=1S/C23H17N3O2/c24-15-21(17-7-3-1-4-8-17)23(19-9-5-2-6-10-19)22(16-25)18-11-13-20(14-12-18)26(27)28/h1-14,21-23H. The Morgan fingerprint density at radius 1 is 0.679 bits per heavy atom. The topological polar surface area (TPSA) is 90.7 Å². The quantitative estimate of drug-likeness (QED) is 0.437. The van der Waals surface area contributed by atoms with Gasteiger partial charge < -0.3 is 0 Å². The highest BCUT2D eigenvalue weighted by Crippen LogP contribution is 2.43. The lowest BCUT2D eigenvalue weighted by Crippen LogP contribution is -2.18. The highest BCUT2D eigenvalue weighted by Gasteiger charge is 2.33. The van der Waals surface area contributed by atoms with Crippen LogP contribution in [0.3, 0.4) is 0 Å². The third-order valence-corrected chi connectivity index (χ3v) is 4.80. The van der Waals surface area contributed by atoms with Gasteiger partial charge in [-0.1, -0.05) is 72.8 Å². The number of hydrogen-bond acceptors (Lipinski definition) is 4. The van der Waals surface area contributed by atoms with Gasteiger partial charge >= 0.3 is 0 Å². The molecule has 0 aliphatic rings. The van der Waals surface area contributed by atoms with Crippen molar-refractivity contribution >= 4 is 5.69 Å². The van der Waals surface area contributed by atoms with Gasteiger partial charge in [-0.05, 0) is 16.7 Å². The summed E-state index contributed by atoms with van der Waals surface area (Å²) in [6.45, 7) is 0. The van der Waals surface area contributed by atoms with E-state index < -0.39 is 22.7 Å². The molecule has 0 heterocycles. The van der Waals surface area contributed by atoms with Crippen LogP contribution in [0.15, 0.2) is 84.9 Å². The molecule has 0 bridgehead atoms. The van der Waals surface area contributed by atoms with E-state index in [4.69, 9.17) is 0 Å². The van der Waals surface area contributed by atoms with Gasteiger partial charge in [0.15, 0.2) is 0 Å². The van der Waals surface area contributed by atoms with E-state index in [2.05, 4.69) is 12.1 Å². The third kappa shape index (κ3) is 3.90. The van der Waals surface area contributed by atoms with Gasteiger partial charge in [-0.2, -0.15) is 10.5 Å². The minimum absolute atomic E-state index is 0.0309. The Morgan fingerprint density at radius 3 is 1.54 bits per heavy atom. The third-order valence-electron chi connectivity index (χ3n) is 4.80. The molecule has 0 spiro atoms. The van der Waals surface area contributed by atoms with Crippen molar-refractivity contribution < 1.29 is 4.92 Å². The maximum Gasteiger partial charge on any atom is 0.269 e. The largest absolute Gasteiger partial charge is 0.269 e. The summed E-state index contributed by atoms with van der Waals surface area (Å²) in [6.07, 6.45) is 0. The number of benzene rings is 3. The van der Waals surface area contributed by atoms with E-state index in [1.54, 1.807) is 12.1 Å². The number of hydrogen-bond donors (Lipinski definition) is 0. The molecule has 0 aromatic heterocycles. The Balaban J connectivity index is 2.11. The molecule has 136 valence electrons. The maximum atomic E-state index is 10.9. The zero-order chi connectivity index (χ0) is 19.9. The summed E-state index contributed by atoms with van der Waals surface area (Å²) in [5.41, 5.74) is 2.33. The van der Waals surface area contributed by atoms with Gasteiger partial charge in [-0.15, -0.1) is 0 Å². The lowest BCUT2D eigenvalue weighted by atomic mass is 9.72.